The Labute approximate surface area is 89.8 Å². The molecule has 0 fully saturated rings. The second-order valence-corrected chi connectivity index (χ2v) is 3.71. The highest BCUT2D eigenvalue weighted by molar-refractivity contribution is 5.78. The molecular formula is C13H14N2. The normalized spacial score (nSPS) is 10.3. The molecule has 0 radical (unpaired) electrons. The van der Waals surface area contributed by atoms with Gasteiger partial charge in [-0.05, 0) is 36.6 Å². The van der Waals surface area contributed by atoms with E-state index in [2.05, 4.69) is 37.0 Å². The first-order valence-electron chi connectivity index (χ1n) is 4.96. The van der Waals surface area contributed by atoms with Crippen molar-refractivity contribution in [3.8, 4) is 11.1 Å². The average Bonchev–Trinajstić information content (AvgIpc) is 2.23. The molecule has 1 aromatic heterocycles. The van der Waals surface area contributed by atoms with Gasteiger partial charge in [0.05, 0.1) is 11.9 Å². The number of nitrogens with zero attached hydrogens (tertiary/aromatic N) is 1. The summed E-state index contributed by atoms with van der Waals surface area (Å²) in [6.45, 7) is 4.22. The van der Waals surface area contributed by atoms with Crippen LogP contribution in [0.4, 0.5) is 5.69 Å². The molecule has 0 unspecified atom stereocenters. The van der Waals surface area contributed by atoms with Crippen LogP contribution in [0.1, 0.15) is 11.1 Å². The number of pyridine rings is 1. The van der Waals surface area contributed by atoms with Gasteiger partial charge in [0.1, 0.15) is 0 Å². The van der Waals surface area contributed by atoms with Crippen LogP contribution in [0.5, 0.6) is 0 Å². The minimum absolute atomic E-state index is 0.728. The second-order valence-electron chi connectivity index (χ2n) is 3.71. The summed E-state index contributed by atoms with van der Waals surface area (Å²) in [5.74, 6) is 0. The number of nitrogens with two attached hydrogens (primary N) is 1. The van der Waals surface area contributed by atoms with Crippen molar-refractivity contribution in [1.29, 1.82) is 0 Å². The van der Waals surface area contributed by atoms with Crippen molar-refractivity contribution in [2.24, 2.45) is 0 Å². The van der Waals surface area contributed by atoms with Gasteiger partial charge in [0.15, 0.2) is 0 Å². The third-order valence-corrected chi connectivity index (χ3v) is 2.75. The highest BCUT2D eigenvalue weighted by Gasteiger charge is 2.06. The average molecular weight is 198 g/mol. The maximum Gasteiger partial charge on any atom is 0.0580 e. The van der Waals surface area contributed by atoms with Gasteiger partial charge in [0.25, 0.3) is 0 Å². The monoisotopic (exact) mass is 198 g/mol. The number of aryl methyl sites for hydroxylation is 1. The molecular weight excluding hydrogens is 184 g/mol. The summed E-state index contributed by atoms with van der Waals surface area (Å²) in [5, 5.41) is 0. The van der Waals surface area contributed by atoms with E-state index in [4.69, 9.17) is 5.73 Å². The van der Waals surface area contributed by atoms with Crippen molar-refractivity contribution in [2.75, 3.05) is 5.73 Å². The van der Waals surface area contributed by atoms with Gasteiger partial charge < -0.3 is 5.73 Å². The zero-order valence-corrected chi connectivity index (χ0v) is 8.99. The van der Waals surface area contributed by atoms with Crippen LogP contribution in [0.3, 0.4) is 0 Å². The first kappa shape index (κ1) is 9.71. The van der Waals surface area contributed by atoms with Gasteiger partial charge in [-0.15, -0.1) is 0 Å². The number of anilines is 1. The first-order chi connectivity index (χ1) is 7.20. The second kappa shape index (κ2) is 3.73. The summed E-state index contributed by atoms with van der Waals surface area (Å²) in [7, 11) is 0. The van der Waals surface area contributed by atoms with E-state index in [0.717, 1.165) is 11.3 Å². The lowest BCUT2D eigenvalue weighted by Crippen LogP contribution is -1.93. The van der Waals surface area contributed by atoms with Gasteiger partial charge >= 0.3 is 0 Å². The van der Waals surface area contributed by atoms with E-state index in [9.17, 15) is 0 Å². The molecule has 2 N–H and O–H groups in total. The van der Waals surface area contributed by atoms with Crippen LogP contribution >= 0.6 is 0 Å². The molecule has 0 aliphatic heterocycles. The summed E-state index contributed by atoms with van der Waals surface area (Å²) in [6, 6.07) is 8.21. The van der Waals surface area contributed by atoms with Crippen LogP contribution < -0.4 is 5.73 Å². The highest BCUT2D eigenvalue weighted by atomic mass is 14.7. The predicted octanol–water partition coefficient (Wildman–Crippen LogP) is 2.95. The topological polar surface area (TPSA) is 38.9 Å². The standard InChI is InChI=1S/C13H14N2/c1-9-4-3-5-11(10(9)2)12-6-7-15-8-13(12)14/h3-8H,14H2,1-2H3. The molecule has 0 aliphatic carbocycles. The Kier molecular flexibility index (Phi) is 2.42. The molecule has 0 saturated heterocycles. The number of rotatable bonds is 1. The third kappa shape index (κ3) is 1.71. The molecule has 2 aromatic rings. The molecule has 2 rings (SSSR count). The Morgan fingerprint density at radius 2 is 1.87 bits per heavy atom. The lowest BCUT2D eigenvalue weighted by molar-refractivity contribution is 1.31. The van der Waals surface area contributed by atoms with Gasteiger partial charge in [0, 0.05) is 11.8 Å². The molecule has 0 aliphatic rings. The molecule has 0 atom stereocenters. The molecule has 2 nitrogen and oxygen atoms in total. The molecule has 76 valence electrons. The molecule has 0 saturated carbocycles. The summed E-state index contributed by atoms with van der Waals surface area (Å²) < 4.78 is 0. The zero-order chi connectivity index (χ0) is 10.8. The van der Waals surface area contributed by atoms with E-state index < -0.39 is 0 Å². The molecule has 0 bridgehead atoms. The maximum atomic E-state index is 5.91. The zero-order valence-electron chi connectivity index (χ0n) is 8.99. The number of hydrogen-bond donors (Lipinski definition) is 1. The largest absolute Gasteiger partial charge is 0.397 e. The summed E-state index contributed by atoms with van der Waals surface area (Å²) in [5.41, 5.74) is 11.4. The fraction of sp³-hybridized carbons (Fsp3) is 0.154. The Bertz CT molecular complexity index is 490. The quantitative estimate of drug-likeness (QED) is 0.765. The van der Waals surface area contributed by atoms with Crippen molar-refractivity contribution in [2.45, 2.75) is 13.8 Å². The Hall–Kier alpha value is -1.83. The third-order valence-electron chi connectivity index (χ3n) is 2.75. The SMILES string of the molecule is Cc1cccc(-c2ccncc2N)c1C. The van der Waals surface area contributed by atoms with Crippen LogP contribution in [0.25, 0.3) is 11.1 Å². The molecule has 2 heteroatoms. The molecule has 1 aromatic carbocycles. The van der Waals surface area contributed by atoms with E-state index >= 15 is 0 Å². The van der Waals surface area contributed by atoms with E-state index in [1.807, 2.05) is 6.07 Å². The number of nitrogen functional groups attached to an aromatic ring is 1. The van der Waals surface area contributed by atoms with Gasteiger partial charge in [-0.3, -0.25) is 4.98 Å². The number of hydrogen-bond acceptors (Lipinski definition) is 2. The minimum Gasteiger partial charge on any atom is -0.397 e. The van der Waals surface area contributed by atoms with E-state index in [1.54, 1.807) is 12.4 Å². The molecule has 0 amide bonds. The van der Waals surface area contributed by atoms with Crippen molar-refractivity contribution < 1.29 is 0 Å². The molecule has 1 heterocycles. The van der Waals surface area contributed by atoms with Gasteiger partial charge in [-0.1, -0.05) is 18.2 Å². The predicted molar refractivity (Wildman–Crippen MR) is 63.6 cm³/mol. The number of aromatic nitrogens is 1. The van der Waals surface area contributed by atoms with E-state index in [-0.39, 0.29) is 0 Å². The maximum absolute atomic E-state index is 5.91. The Morgan fingerprint density at radius 3 is 2.60 bits per heavy atom. The van der Waals surface area contributed by atoms with Gasteiger partial charge in [0.2, 0.25) is 0 Å². The fourth-order valence-corrected chi connectivity index (χ4v) is 1.69. The summed E-state index contributed by atoms with van der Waals surface area (Å²) in [6.07, 6.45) is 3.46. The fourth-order valence-electron chi connectivity index (χ4n) is 1.69. The van der Waals surface area contributed by atoms with Crippen LogP contribution in [-0.4, -0.2) is 4.98 Å². The van der Waals surface area contributed by atoms with Crippen LogP contribution in [0.15, 0.2) is 36.7 Å². The summed E-state index contributed by atoms with van der Waals surface area (Å²) in [4.78, 5) is 4.00. The lowest BCUT2D eigenvalue weighted by atomic mass is 9.97. The molecule has 0 spiro atoms. The van der Waals surface area contributed by atoms with Crippen LogP contribution in [0, 0.1) is 13.8 Å². The van der Waals surface area contributed by atoms with Crippen molar-refractivity contribution >= 4 is 5.69 Å². The van der Waals surface area contributed by atoms with Crippen molar-refractivity contribution in [1.82, 2.24) is 4.98 Å². The van der Waals surface area contributed by atoms with Crippen LogP contribution in [0.2, 0.25) is 0 Å². The Morgan fingerprint density at radius 1 is 1.07 bits per heavy atom. The van der Waals surface area contributed by atoms with Crippen LogP contribution in [-0.2, 0) is 0 Å². The summed E-state index contributed by atoms with van der Waals surface area (Å²) >= 11 is 0. The van der Waals surface area contributed by atoms with Crippen molar-refractivity contribution in [3.05, 3.63) is 47.8 Å². The van der Waals surface area contributed by atoms with E-state index in [0.29, 0.717) is 0 Å². The lowest BCUT2D eigenvalue weighted by Gasteiger charge is -2.10. The highest BCUT2D eigenvalue weighted by Crippen LogP contribution is 2.28. The molecule has 15 heavy (non-hydrogen) atoms. The minimum atomic E-state index is 0.728. The number of benzene rings is 1. The Balaban J connectivity index is 2.65. The van der Waals surface area contributed by atoms with Gasteiger partial charge in [-0.2, -0.15) is 0 Å². The van der Waals surface area contributed by atoms with E-state index in [1.165, 1.54) is 16.7 Å². The van der Waals surface area contributed by atoms with Gasteiger partial charge in [-0.25, -0.2) is 0 Å². The first-order valence-corrected chi connectivity index (χ1v) is 4.96. The van der Waals surface area contributed by atoms with Crippen molar-refractivity contribution in [3.63, 3.8) is 0 Å². The smallest absolute Gasteiger partial charge is 0.0580 e.